The number of nitrogens with one attached hydrogen (secondary N) is 1. The average molecular weight is 227 g/mol. The van der Waals surface area contributed by atoms with E-state index in [0.29, 0.717) is 32.5 Å². The lowest BCUT2D eigenvalue weighted by Gasteiger charge is -2.14. The van der Waals surface area contributed by atoms with Gasteiger partial charge in [-0.05, 0) is 25.7 Å². The van der Waals surface area contributed by atoms with Crippen molar-refractivity contribution >= 4 is 11.9 Å². The second kappa shape index (κ2) is 4.82. The van der Waals surface area contributed by atoms with Gasteiger partial charge in [-0.3, -0.25) is 9.59 Å². The first-order valence-corrected chi connectivity index (χ1v) is 5.77. The first-order chi connectivity index (χ1) is 7.66. The standard InChI is InChI=1S/C11H17NO4/c13-10(12-9-3-4-16-6-9)7-1-2-8(5-7)11(14)15/h7-9H,1-6H2,(H,12,13)(H,14,15)/t7-,8+,9?/m1/s1. The molecule has 1 aliphatic carbocycles. The van der Waals surface area contributed by atoms with Gasteiger partial charge in [0.25, 0.3) is 0 Å². The highest BCUT2D eigenvalue weighted by Gasteiger charge is 2.34. The molecule has 16 heavy (non-hydrogen) atoms. The molecular formula is C11H17NO4. The Labute approximate surface area is 94.2 Å². The first kappa shape index (κ1) is 11.4. The van der Waals surface area contributed by atoms with Crippen LogP contribution in [-0.4, -0.2) is 36.2 Å². The van der Waals surface area contributed by atoms with Crippen molar-refractivity contribution in [1.29, 1.82) is 0 Å². The van der Waals surface area contributed by atoms with E-state index in [1.807, 2.05) is 0 Å². The molecule has 1 amide bonds. The lowest BCUT2D eigenvalue weighted by molar-refractivity contribution is -0.141. The first-order valence-electron chi connectivity index (χ1n) is 5.77. The van der Waals surface area contributed by atoms with Crippen LogP contribution >= 0.6 is 0 Å². The molecule has 2 N–H and O–H groups in total. The third kappa shape index (κ3) is 2.52. The fourth-order valence-corrected chi connectivity index (χ4v) is 2.41. The lowest BCUT2D eigenvalue weighted by Crippen LogP contribution is -2.38. The molecule has 5 heteroatoms. The van der Waals surface area contributed by atoms with Gasteiger partial charge in [-0.15, -0.1) is 0 Å². The maximum atomic E-state index is 11.8. The fourth-order valence-electron chi connectivity index (χ4n) is 2.41. The Kier molecular flexibility index (Phi) is 3.43. The minimum Gasteiger partial charge on any atom is -0.481 e. The minimum atomic E-state index is -0.778. The van der Waals surface area contributed by atoms with Crippen LogP contribution in [0, 0.1) is 11.8 Å². The van der Waals surface area contributed by atoms with Gasteiger partial charge in [-0.1, -0.05) is 0 Å². The van der Waals surface area contributed by atoms with Crippen LogP contribution in [0.3, 0.4) is 0 Å². The molecule has 0 aromatic heterocycles. The van der Waals surface area contributed by atoms with Crippen LogP contribution in [0.5, 0.6) is 0 Å². The molecule has 1 unspecified atom stereocenters. The third-order valence-corrected chi connectivity index (χ3v) is 3.43. The van der Waals surface area contributed by atoms with Gasteiger partial charge in [0.15, 0.2) is 0 Å². The zero-order chi connectivity index (χ0) is 11.5. The summed E-state index contributed by atoms with van der Waals surface area (Å²) in [5.74, 6) is -1.24. The van der Waals surface area contributed by atoms with Crippen LogP contribution in [0.2, 0.25) is 0 Å². The Bertz CT molecular complexity index is 286. The third-order valence-electron chi connectivity index (χ3n) is 3.43. The molecule has 1 heterocycles. The smallest absolute Gasteiger partial charge is 0.306 e. The SMILES string of the molecule is O=C(O)[C@H]1CC[C@@H](C(=O)NC2CCOC2)C1. The van der Waals surface area contributed by atoms with Crippen LogP contribution < -0.4 is 5.32 Å². The summed E-state index contributed by atoms with van der Waals surface area (Å²) in [6.07, 6.45) is 2.65. The van der Waals surface area contributed by atoms with Crippen molar-refractivity contribution < 1.29 is 19.4 Å². The Morgan fingerprint density at radius 3 is 2.50 bits per heavy atom. The number of carboxylic acid groups (broad SMARTS) is 1. The fraction of sp³-hybridized carbons (Fsp3) is 0.818. The maximum absolute atomic E-state index is 11.8. The van der Waals surface area contributed by atoms with Gasteiger partial charge in [-0.2, -0.15) is 0 Å². The number of aliphatic carboxylic acids is 1. The zero-order valence-corrected chi connectivity index (χ0v) is 9.15. The molecule has 2 fully saturated rings. The number of carbonyl (C=O) groups excluding carboxylic acids is 1. The van der Waals surface area contributed by atoms with E-state index in [2.05, 4.69) is 5.32 Å². The average Bonchev–Trinajstić information content (AvgIpc) is 2.86. The summed E-state index contributed by atoms with van der Waals surface area (Å²) >= 11 is 0. The second-order valence-corrected chi connectivity index (χ2v) is 4.61. The zero-order valence-electron chi connectivity index (χ0n) is 9.15. The normalized spacial score (nSPS) is 33.9. The predicted octanol–water partition coefficient (Wildman–Crippen LogP) is 0.392. The van der Waals surface area contributed by atoms with E-state index < -0.39 is 5.97 Å². The van der Waals surface area contributed by atoms with E-state index in [4.69, 9.17) is 9.84 Å². The number of hydrogen-bond donors (Lipinski definition) is 2. The molecule has 0 bridgehead atoms. The quantitative estimate of drug-likeness (QED) is 0.731. The Morgan fingerprint density at radius 1 is 1.19 bits per heavy atom. The largest absolute Gasteiger partial charge is 0.481 e. The van der Waals surface area contributed by atoms with Gasteiger partial charge < -0.3 is 15.2 Å². The summed E-state index contributed by atoms with van der Waals surface area (Å²) in [4.78, 5) is 22.6. The number of rotatable bonds is 3. The van der Waals surface area contributed by atoms with Gasteiger partial charge in [0.1, 0.15) is 0 Å². The van der Waals surface area contributed by atoms with Gasteiger partial charge in [-0.25, -0.2) is 0 Å². The lowest BCUT2D eigenvalue weighted by atomic mass is 10.0. The van der Waals surface area contributed by atoms with Crippen LogP contribution in [0.25, 0.3) is 0 Å². The molecule has 1 saturated heterocycles. The Hall–Kier alpha value is -1.10. The summed E-state index contributed by atoms with van der Waals surface area (Å²) in [7, 11) is 0. The van der Waals surface area contributed by atoms with E-state index in [1.54, 1.807) is 0 Å². The Balaban J connectivity index is 1.79. The van der Waals surface area contributed by atoms with Gasteiger partial charge >= 0.3 is 5.97 Å². The summed E-state index contributed by atoms with van der Waals surface area (Å²) in [5, 5.41) is 11.8. The molecule has 2 rings (SSSR count). The van der Waals surface area contributed by atoms with Crippen LogP contribution in [0.1, 0.15) is 25.7 Å². The summed E-state index contributed by atoms with van der Waals surface area (Å²) in [6, 6.07) is 0.122. The van der Waals surface area contributed by atoms with Crippen molar-refractivity contribution in [2.45, 2.75) is 31.7 Å². The molecule has 90 valence electrons. The number of ether oxygens (including phenoxy) is 1. The molecule has 0 radical (unpaired) electrons. The highest BCUT2D eigenvalue weighted by Crippen LogP contribution is 2.31. The van der Waals surface area contributed by atoms with E-state index >= 15 is 0 Å². The van der Waals surface area contributed by atoms with Gasteiger partial charge in [0.2, 0.25) is 5.91 Å². The van der Waals surface area contributed by atoms with Crippen molar-refractivity contribution in [2.24, 2.45) is 11.8 Å². The number of amides is 1. The maximum Gasteiger partial charge on any atom is 0.306 e. The molecule has 0 aromatic carbocycles. The molecule has 2 aliphatic rings. The van der Waals surface area contributed by atoms with Crippen LogP contribution in [-0.2, 0) is 14.3 Å². The molecule has 0 aromatic rings. The van der Waals surface area contributed by atoms with Crippen molar-refractivity contribution in [3.8, 4) is 0 Å². The van der Waals surface area contributed by atoms with E-state index in [9.17, 15) is 9.59 Å². The molecule has 0 spiro atoms. The van der Waals surface area contributed by atoms with Crippen LogP contribution in [0.15, 0.2) is 0 Å². The number of carbonyl (C=O) groups is 2. The Morgan fingerprint density at radius 2 is 1.94 bits per heavy atom. The van der Waals surface area contributed by atoms with Crippen molar-refractivity contribution in [3.63, 3.8) is 0 Å². The van der Waals surface area contributed by atoms with Crippen molar-refractivity contribution in [3.05, 3.63) is 0 Å². The molecule has 1 aliphatic heterocycles. The van der Waals surface area contributed by atoms with Crippen molar-refractivity contribution in [1.82, 2.24) is 5.32 Å². The van der Waals surface area contributed by atoms with Gasteiger partial charge in [0.05, 0.1) is 18.6 Å². The molecule has 3 atom stereocenters. The monoisotopic (exact) mass is 227 g/mol. The van der Waals surface area contributed by atoms with Crippen LogP contribution in [0.4, 0.5) is 0 Å². The summed E-state index contributed by atoms with van der Waals surface area (Å²) < 4.78 is 5.17. The molecule has 5 nitrogen and oxygen atoms in total. The highest BCUT2D eigenvalue weighted by atomic mass is 16.5. The molecular weight excluding hydrogens is 210 g/mol. The van der Waals surface area contributed by atoms with Crippen molar-refractivity contribution in [2.75, 3.05) is 13.2 Å². The predicted molar refractivity (Wildman–Crippen MR) is 55.8 cm³/mol. The van der Waals surface area contributed by atoms with Gasteiger partial charge in [0, 0.05) is 12.5 Å². The van der Waals surface area contributed by atoms with E-state index in [0.717, 1.165) is 6.42 Å². The minimum absolute atomic E-state index is 0.000694. The summed E-state index contributed by atoms with van der Waals surface area (Å²) in [6.45, 7) is 1.29. The number of carboxylic acids is 1. The summed E-state index contributed by atoms with van der Waals surface area (Å²) in [5.41, 5.74) is 0. The molecule has 1 saturated carbocycles. The number of hydrogen-bond acceptors (Lipinski definition) is 3. The second-order valence-electron chi connectivity index (χ2n) is 4.61. The van der Waals surface area contributed by atoms with E-state index in [1.165, 1.54) is 0 Å². The highest BCUT2D eigenvalue weighted by molar-refractivity contribution is 5.81. The van der Waals surface area contributed by atoms with E-state index in [-0.39, 0.29) is 23.8 Å². The topological polar surface area (TPSA) is 75.6 Å².